The van der Waals surface area contributed by atoms with Crippen LogP contribution in [0, 0.1) is 0 Å². The molecule has 1 aromatic rings. The van der Waals surface area contributed by atoms with Crippen molar-refractivity contribution in [1.82, 2.24) is 0 Å². The van der Waals surface area contributed by atoms with Crippen molar-refractivity contribution in [3.05, 3.63) is 43.0 Å². The first-order valence-electron chi connectivity index (χ1n) is 5.27. The van der Waals surface area contributed by atoms with Crippen LogP contribution in [0.1, 0.15) is 13.3 Å². The zero-order valence-electron chi connectivity index (χ0n) is 9.19. The average Bonchev–Trinajstić information content (AvgIpc) is 2.28. The number of benzene rings is 1. The molecule has 82 valence electrons. The molecule has 0 bridgehead atoms. The van der Waals surface area contributed by atoms with E-state index >= 15 is 0 Å². The van der Waals surface area contributed by atoms with Gasteiger partial charge >= 0.3 is 0 Å². The van der Waals surface area contributed by atoms with E-state index in [4.69, 9.17) is 4.74 Å². The van der Waals surface area contributed by atoms with Crippen LogP contribution in [-0.4, -0.2) is 18.5 Å². The van der Waals surface area contributed by atoms with Gasteiger partial charge in [0.15, 0.2) is 0 Å². The molecule has 0 heterocycles. The van der Waals surface area contributed by atoms with Crippen LogP contribution in [-0.2, 0) is 4.74 Å². The average molecular weight is 222 g/mol. The zero-order valence-corrected chi connectivity index (χ0v) is 10.0. The molecule has 0 radical (unpaired) electrons. The first-order chi connectivity index (χ1) is 7.36. The van der Waals surface area contributed by atoms with Gasteiger partial charge in [0.25, 0.3) is 0 Å². The number of thioether (sulfide) groups is 1. The highest BCUT2D eigenvalue weighted by molar-refractivity contribution is 8.00. The van der Waals surface area contributed by atoms with Gasteiger partial charge in [-0.2, -0.15) is 0 Å². The summed E-state index contributed by atoms with van der Waals surface area (Å²) in [5, 5.41) is 0.477. The molecule has 0 aromatic heterocycles. The van der Waals surface area contributed by atoms with Gasteiger partial charge in [0.2, 0.25) is 0 Å². The first kappa shape index (κ1) is 12.3. The molecule has 2 heteroatoms. The van der Waals surface area contributed by atoms with Crippen molar-refractivity contribution in [2.75, 3.05) is 13.2 Å². The third-order valence-electron chi connectivity index (χ3n) is 1.98. The molecule has 1 unspecified atom stereocenters. The van der Waals surface area contributed by atoms with E-state index in [0.717, 1.165) is 19.6 Å². The van der Waals surface area contributed by atoms with Crippen LogP contribution in [0.3, 0.4) is 0 Å². The lowest BCUT2D eigenvalue weighted by Crippen LogP contribution is -2.10. The minimum Gasteiger partial charge on any atom is -0.381 e. The van der Waals surface area contributed by atoms with Crippen LogP contribution in [0.4, 0.5) is 0 Å². The van der Waals surface area contributed by atoms with E-state index in [2.05, 4.69) is 30.8 Å². The van der Waals surface area contributed by atoms with Crippen molar-refractivity contribution in [3.63, 3.8) is 0 Å². The molecule has 0 saturated heterocycles. The summed E-state index contributed by atoms with van der Waals surface area (Å²) in [6.45, 7) is 7.38. The highest BCUT2D eigenvalue weighted by Gasteiger charge is 2.08. The molecule has 0 aliphatic carbocycles. The molecular weight excluding hydrogens is 204 g/mol. The van der Waals surface area contributed by atoms with Crippen molar-refractivity contribution in [3.8, 4) is 0 Å². The third-order valence-corrected chi connectivity index (χ3v) is 3.19. The highest BCUT2D eigenvalue weighted by atomic mass is 32.2. The van der Waals surface area contributed by atoms with Crippen LogP contribution < -0.4 is 0 Å². The quantitative estimate of drug-likeness (QED) is 0.513. The number of hydrogen-bond donors (Lipinski definition) is 0. The smallest absolute Gasteiger partial charge is 0.0591 e. The van der Waals surface area contributed by atoms with Gasteiger partial charge in [0.1, 0.15) is 0 Å². The van der Waals surface area contributed by atoms with E-state index in [1.54, 1.807) is 0 Å². The Morgan fingerprint density at radius 2 is 2.13 bits per heavy atom. The van der Waals surface area contributed by atoms with Gasteiger partial charge in [-0.25, -0.2) is 0 Å². The Labute approximate surface area is 96.5 Å². The summed E-state index contributed by atoms with van der Waals surface area (Å²) in [4.78, 5) is 1.30. The Hall–Kier alpha value is -0.730. The summed E-state index contributed by atoms with van der Waals surface area (Å²) in [5.41, 5.74) is 0. The van der Waals surface area contributed by atoms with Gasteiger partial charge in [-0.3, -0.25) is 0 Å². The lowest BCUT2D eigenvalue weighted by Gasteiger charge is -2.14. The summed E-state index contributed by atoms with van der Waals surface area (Å²) in [5.74, 6) is 0. The van der Waals surface area contributed by atoms with Crippen LogP contribution in [0.2, 0.25) is 0 Å². The molecule has 0 aliphatic rings. The second kappa shape index (κ2) is 7.55. The van der Waals surface area contributed by atoms with Gasteiger partial charge < -0.3 is 4.74 Å². The van der Waals surface area contributed by atoms with Gasteiger partial charge in [0, 0.05) is 16.8 Å². The first-order valence-corrected chi connectivity index (χ1v) is 6.15. The molecule has 0 saturated carbocycles. The number of rotatable bonds is 7. The van der Waals surface area contributed by atoms with E-state index in [9.17, 15) is 0 Å². The van der Waals surface area contributed by atoms with Crippen molar-refractivity contribution >= 4 is 11.8 Å². The molecule has 0 fully saturated rings. The number of ether oxygens (including phenoxy) is 1. The fourth-order valence-electron chi connectivity index (χ4n) is 1.28. The number of allylic oxidation sites excluding steroid dienone is 1. The second-order valence-corrected chi connectivity index (χ2v) is 4.61. The maximum Gasteiger partial charge on any atom is 0.0591 e. The van der Waals surface area contributed by atoms with Crippen LogP contribution in [0.5, 0.6) is 0 Å². The fraction of sp³-hybridized carbons (Fsp3) is 0.385. The summed E-state index contributed by atoms with van der Waals surface area (Å²) >= 11 is 1.86. The van der Waals surface area contributed by atoms with Gasteiger partial charge in [-0.15, -0.1) is 18.3 Å². The van der Waals surface area contributed by atoms with Crippen molar-refractivity contribution in [2.45, 2.75) is 23.5 Å². The summed E-state index contributed by atoms with van der Waals surface area (Å²) in [6, 6.07) is 10.4. The van der Waals surface area contributed by atoms with Crippen molar-refractivity contribution < 1.29 is 4.74 Å². The van der Waals surface area contributed by atoms with E-state index in [-0.39, 0.29) is 0 Å². The number of hydrogen-bond acceptors (Lipinski definition) is 2. The molecule has 15 heavy (non-hydrogen) atoms. The lowest BCUT2D eigenvalue weighted by atomic mass is 10.3. The minimum atomic E-state index is 0.477. The topological polar surface area (TPSA) is 9.23 Å². The largest absolute Gasteiger partial charge is 0.381 e. The van der Waals surface area contributed by atoms with Gasteiger partial charge in [0.05, 0.1) is 6.61 Å². The van der Waals surface area contributed by atoms with E-state index in [1.807, 2.05) is 30.8 Å². The monoisotopic (exact) mass is 222 g/mol. The van der Waals surface area contributed by atoms with Gasteiger partial charge in [-0.05, 0) is 25.5 Å². The van der Waals surface area contributed by atoms with Crippen LogP contribution in [0.15, 0.2) is 47.9 Å². The molecule has 1 nitrogen and oxygen atoms in total. The summed E-state index contributed by atoms with van der Waals surface area (Å²) in [6.07, 6.45) is 2.94. The molecule has 0 aliphatic heterocycles. The fourth-order valence-corrected chi connectivity index (χ4v) is 2.37. The predicted molar refractivity (Wildman–Crippen MR) is 67.4 cm³/mol. The maximum absolute atomic E-state index is 5.45. The molecule has 1 rings (SSSR count). The highest BCUT2D eigenvalue weighted by Crippen LogP contribution is 2.25. The Morgan fingerprint density at radius 3 is 2.73 bits per heavy atom. The molecule has 1 aromatic carbocycles. The molecule has 0 amide bonds. The SMILES string of the molecule is C=CCC(COCC)Sc1ccccc1. The summed E-state index contributed by atoms with van der Waals surface area (Å²) < 4.78 is 5.45. The van der Waals surface area contributed by atoms with Crippen LogP contribution >= 0.6 is 11.8 Å². The third kappa shape index (κ3) is 5.05. The van der Waals surface area contributed by atoms with Crippen LogP contribution in [0.25, 0.3) is 0 Å². The molecular formula is C13H18OS. The van der Waals surface area contributed by atoms with E-state index < -0.39 is 0 Å². The Morgan fingerprint density at radius 1 is 1.40 bits per heavy atom. The molecule has 0 N–H and O–H groups in total. The lowest BCUT2D eigenvalue weighted by molar-refractivity contribution is 0.149. The Kier molecular flexibility index (Phi) is 6.21. The van der Waals surface area contributed by atoms with Crippen molar-refractivity contribution in [2.24, 2.45) is 0 Å². The maximum atomic E-state index is 5.45. The van der Waals surface area contributed by atoms with Gasteiger partial charge in [-0.1, -0.05) is 24.3 Å². The zero-order chi connectivity index (χ0) is 10.9. The minimum absolute atomic E-state index is 0.477. The normalized spacial score (nSPS) is 12.3. The molecule has 0 spiro atoms. The van der Waals surface area contributed by atoms with Crippen molar-refractivity contribution in [1.29, 1.82) is 0 Å². The second-order valence-electron chi connectivity index (χ2n) is 3.24. The Balaban J connectivity index is 2.46. The van der Waals surface area contributed by atoms with E-state index in [0.29, 0.717) is 5.25 Å². The summed E-state index contributed by atoms with van der Waals surface area (Å²) in [7, 11) is 0. The Bertz CT molecular complexity index is 271. The standard InChI is InChI=1S/C13H18OS/c1-3-8-13(11-14-4-2)15-12-9-6-5-7-10-12/h3,5-7,9-10,13H,1,4,8,11H2,2H3. The molecule has 1 atom stereocenters. The predicted octanol–water partition coefficient (Wildman–Crippen LogP) is 3.76. The van der Waals surface area contributed by atoms with E-state index in [1.165, 1.54) is 4.90 Å².